The van der Waals surface area contributed by atoms with E-state index in [9.17, 15) is 68.4 Å². The van der Waals surface area contributed by atoms with Crippen LogP contribution in [-0.4, -0.2) is 180 Å². The van der Waals surface area contributed by atoms with Crippen LogP contribution >= 0.6 is 0 Å². The third-order valence-corrected chi connectivity index (χ3v) is 7.84. The van der Waals surface area contributed by atoms with Crippen LogP contribution in [0.1, 0.15) is 82.1 Å². The summed E-state index contributed by atoms with van der Waals surface area (Å²) >= 11 is 0. The van der Waals surface area contributed by atoms with E-state index in [0.717, 1.165) is 69.2 Å². The van der Waals surface area contributed by atoms with Gasteiger partial charge in [0.25, 0.3) is 0 Å². The smallest absolute Gasteiger partial charge is 0.303 e. The van der Waals surface area contributed by atoms with Crippen LogP contribution < -0.4 is 0 Å². The first-order valence-corrected chi connectivity index (χ1v) is 19.3. The Labute approximate surface area is 366 Å². The lowest BCUT2D eigenvalue weighted by Crippen LogP contribution is -2.57. The van der Waals surface area contributed by atoms with Crippen molar-refractivity contribution in [1.29, 1.82) is 0 Å². The molecular formula is C38H58O26. The van der Waals surface area contributed by atoms with E-state index in [2.05, 4.69) is 0 Å². The lowest BCUT2D eigenvalue weighted by Gasteiger charge is -2.38. The molecule has 0 saturated carbocycles. The molecule has 0 bridgehead atoms. The van der Waals surface area contributed by atoms with E-state index in [4.69, 9.17) is 56.8 Å². The van der Waals surface area contributed by atoms with Crippen LogP contribution in [0.3, 0.4) is 0 Å². The van der Waals surface area contributed by atoms with Crippen molar-refractivity contribution < 1.29 is 125 Å². The maximum atomic E-state index is 12.3. The highest BCUT2D eigenvalue weighted by molar-refractivity contribution is 5.70. The van der Waals surface area contributed by atoms with Gasteiger partial charge in [-0.05, 0) is 0 Å². The van der Waals surface area contributed by atoms with Crippen LogP contribution in [-0.2, 0) is 105 Å². The SMILES string of the molecule is CC(=O)OCC[C@@H](OC(C)=O)C(OC(C)=O)C(OC(C)=O)[C@H](O)O[C@H](COC(C)=O)[C@@H](O)[C@H](O)[C@@H](COC(C)=O)O[C@@H](O)[C@H](OC(C)=O)C(OC(C)=O)[C@@H](CCOC(C)=O)OC(C)=O. The van der Waals surface area contributed by atoms with Gasteiger partial charge in [-0.25, -0.2) is 0 Å². The molecule has 0 heterocycles. The molecule has 12 atom stereocenters. The molecule has 0 fully saturated rings. The second kappa shape index (κ2) is 29.8. The van der Waals surface area contributed by atoms with E-state index in [0.29, 0.717) is 0 Å². The molecule has 0 amide bonds. The first-order valence-electron chi connectivity index (χ1n) is 19.3. The zero-order valence-electron chi connectivity index (χ0n) is 36.9. The van der Waals surface area contributed by atoms with Crippen molar-refractivity contribution >= 4 is 59.7 Å². The average molecular weight is 931 g/mol. The normalized spacial score (nSPS) is 16.7. The highest BCUT2D eigenvalue weighted by atomic mass is 16.7. The Morgan fingerprint density at radius 3 is 0.812 bits per heavy atom. The third kappa shape index (κ3) is 24.3. The molecule has 0 aliphatic heterocycles. The number of carbonyl (C=O) groups is 10. The maximum absolute atomic E-state index is 12.3. The van der Waals surface area contributed by atoms with Gasteiger partial charge >= 0.3 is 59.7 Å². The van der Waals surface area contributed by atoms with Gasteiger partial charge in [0.05, 0.1) is 13.2 Å². The molecule has 0 saturated heterocycles. The summed E-state index contributed by atoms with van der Waals surface area (Å²) in [5.74, 6) is -9.97. The van der Waals surface area contributed by atoms with Crippen LogP contribution in [0.5, 0.6) is 0 Å². The van der Waals surface area contributed by atoms with Crippen LogP contribution in [0.4, 0.5) is 0 Å². The molecule has 0 aromatic carbocycles. The topological polar surface area (TPSA) is 362 Å². The van der Waals surface area contributed by atoms with Crippen molar-refractivity contribution in [3.8, 4) is 0 Å². The van der Waals surface area contributed by atoms with Crippen LogP contribution in [0.15, 0.2) is 0 Å². The number of esters is 10. The number of aliphatic hydroxyl groups is 4. The summed E-state index contributed by atoms with van der Waals surface area (Å²) in [5.41, 5.74) is 0. The zero-order chi connectivity index (χ0) is 49.4. The number of ether oxygens (including phenoxy) is 12. The fourth-order valence-corrected chi connectivity index (χ4v) is 5.48. The Bertz CT molecular complexity index is 1470. The molecule has 0 aromatic heterocycles. The first-order chi connectivity index (χ1) is 29.7. The molecule has 26 heteroatoms. The lowest BCUT2D eigenvalue weighted by molar-refractivity contribution is -0.275. The lowest BCUT2D eigenvalue weighted by atomic mass is 10.0. The van der Waals surface area contributed by atoms with Crippen molar-refractivity contribution in [2.24, 2.45) is 0 Å². The first kappa shape index (κ1) is 58.5. The molecule has 0 spiro atoms. The van der Waals surface area contributed by atoms with E-state index in [1.807, 2.05) is 0 Å². The molecule has 0 aliphatic carbocycles. The number of rotatable bonds is 29. The summed E-state index contributed by atoms with van der Waals surface area (Å²) in [4.78, 5) is 120. The minimum atomic E-state index is -2.55. The predicted molar refractivity (Wildman–Crippen MR) is 203 cm³/mol. The molecule has 0 aromatic rings. The van der Waals surface area contributed by atoms with E-state index in [-0.39, 0.29) is 0 Å². The molecule has 366 valence electrons. The van der Waals surface area contributed by atoms with Crippen molar-refractivity contribution in [2.75, 3.05) is 26.4 Å². The molecule has 0 radical (unpaired) electrons. The van der Waals surface area contributed by atoms with Gasteiger partial charge in [0.1, 0.15) is 49.8 Å². The number of hydrogen-bond acceptors (Lipinski definition) is 26. The Morgan fingerprint density at radius 2 is 0.578 bits per heavy atom. The minimum Gasteiger partial charge on any atom is -0.466 e. The standard InChI is InChI=1S/C38H58O26/c1-17(39)53-13-11-27(57-21(5)43)33(59-23(7)45)35(61-25(9)47)37(51)63-29(15-55-19(3)41)31(49)32(50)30(16-56-20(4)42)64-38(52)36(62-26(10)48)34(60-24(8)46)28(58-22(6)44)12-14-54-18(2)40/h27-38,49-52H,11-16H2,1-10H3/t27-,28-,29-,30-,31-,32-,33?,34?,35-,36?,37-,38-/m1/s1. The summed E-state index contributed by atoms with van der Waals surface area (Å²) in [7, 11) is 0. The van der Waals surface area contributed by atoms with Gasteiger partial charge in [0, 0.05) is 82.1 Å². The monoisotopic (exact) mass is 930 g/mol. The Morgan fingerprint density at radius 1 is 0.328 bits per heavy atom. The summed E-state index contributed by atoms with van der Waals surface area (Å²) < 4.78 is 62.1. The summed E-state index contributed by atoms with van der Waals surface area (Å²) in [5, 5.41) is 45.9. The highest BCUT2D eigenvalue weighted by Crippen LogP contribution is 2.25. The van der Waals surface area contributed by atoms with Crippen LogP contribution in [0, 0.1) is 0 Å². The molecular weight excluding hydrogens is 872 g/mol. The second-order valence-corrected chi connectivity index (χ2v) is 13.6. The Kier molecular flexibility index (Phi) is 27.2. The molecule has 64 heavy (non-hydrogen) atoms. The summed E-state index contributed by atoms with van der Waals surface area (Å²) in [6.45, 7) is 6.33. The van der Waals surface area contributed by atoms with Gasteiger partial charge in [-0.1, -0.05) is 0 Å². The van der Waals surface area contributed by atoms with Crippen LogP contribution in [0.2, 0.25) is 0 Å². The van der Waals surface area contributed by atoms with Gasteiger partial charge in [-0.3, -0.25) is 47.9 Å². The van der Waals surface area contributed by atoms with E-state index < -0.39 is 173 Å². The maximum Gasteiger partial charge on any atom is 0.303 e. The summed E-state index contributed by atoms with van der Waals surface area (Å²) in [6.07, 6.45) is -26.6. The largest absolute Gasteiger partial charge is 0.466 e. The van der Waals surface area contributed by atoms with Gasteiger partial charge in [-0.15, -0.1) is 0 Å². The highest BCUT2D eigenvalue weighted by Gasteiger charge is 2.47. The Hall–Kier alpha value is -5.54. The minimum absolute atomic E-state index is 0.419. The second-order valence-electron chi connectivity index (χ2n) is 13.6. The van der Waals surface area contributed by atoms with E-state index >= 15 is 0 Å². The predicted octanol–water partition coefficient (Wildman–Crippen LogP) is -2.26. The van der Waals surface area contributed by atoms with Crippen molar-refractivity contribution in [2.45, 2.75) is 156 Å². The summed E-state index contributed by atoms with van der Waals surface area (Å²) in [6, 6.07) is 0. The van der Waals surface area contributed by atoms with E-state index in [1.54, 1.807) is 0 Å². The fourth-order valence-electron chi connectivity index (χ4n) is 5.48. The van der Waals surface area contributed by atoms with Gasteiger partial charge < -0.3 is 77.3 Å². The van der Waals surface area contributed by atoms with Crippen LogP contribution in [0.25, 0.3) is 0 Å². The number of carbonyl (C=O) groups excluding carboxylic acids is 10. The van der Waals surface area contributed by atoms with Crippen molar-refractivity contribution in [3.63, 3.8) is 0 Å². The van der Waals surface area contributed by atoms with Gasteiger partial charge in [0.2, 0.25) is 0 Å². The fraction of sp³-hybridized carbons (Fsp3) is 0.737. The third-order valence-electron chi connectivity index (χ3n) is 7.84. The molecule has 4 N–H and O–H groups in total. The quantitative estimate of drug-likeness (QED) is 0.0349. The van der Waals surface area contributed by atoms with Crippen molar-refractivity contribution in [3.05, 3.63) is 0 Å². The van der Waals surface area contributed by atoms with Gasteiger partial charge in [-0.2, -0.15) is 0 Å². The molecule has 0 aliphatic rings. The van der Waals surface area contributed by atoms with Gasteiger partial charge in [0.15, 0.2) is 37.0 Å². The molecule has 3 unspecified atom stereocenters. The molecule has 26 nitrogen and oxygen atoms in total. The number of aliphatic hydroxyl groups excluding tert-OH is 4. The van der Waals surface area contributed by atoms with E-state index in [1.165, 1.54) is 0 Å². The average Bonchev–Trinajstić information content (AvgIpc) is 3.15. The Balaban J connectivity index is 7.29. The molecule has 0 rings (SSSR count). The number of hydrogen-bond donors (Lipinski definition) is 4. The zero-order valence-corrected chi connectivity index (χ0v) is 36.9. The van der Waals surface area contributed by atoms with Crippen molar-refractivity contribution in [1.82, 2.24) is 0 Å².